The molecule has 2 N–H and O–H groups in total. The number of benzene rings is 3. The minimum atomic E-state index is -0.450. The number of ether oxygens (including phenoxy) is 2. The summed E-state index contributed by atoms with van der Waals surface area (Å²) in [5.41, 5.74) is 1.19. The zero-order chi connectivity index (χ0) is 20.8. The van der Waals surface area contributed by atoms with Gasteiger partial charge in [-0.2, -0.15) is 0 Å². The molecule has 2 aliphatic rings. The molecule has 0 radical (unpaired) electrons. The summed E-state index contributed by atoms with van der Waals surface area (Å²) in [4.78, 5) is 46.7. The molecule has 0 saturated heterocycles. The van der Waals surface area contributed by atoms with Crippen molar-refractivity contribution in [3.63, 3.8) is 0 Å². The molecule has 0 aromatic heterocycles. The van der Waals surface area contributed by atoms with Crippen molar-refractivity contribution in [2.75, 3.05) is 0 Å². The number of rotatable bonds is 4. The lowest BCUT2D eigenvalue weighted by Gasteiger charge is -2.09. The summed E-state index contributed by atoms with van der Waals surface area (Å²) in [6.07, 6.45) is 0. The Labute approximate surface area is 169 Å². The highest BCUT2D eigenvalue weighted by Gasteiger charge is 2.28. The second-order valence-electron chi connectivity index (χ2n) is 6.66. The molecule has 0 atom stereocenters. The summed E-state index contributed by atoms with van der Waals surface area (Å²) in [5.74, 6) is 0.107. The monoisotopic (exact) mass is 400 g/mol. The number of carbonyl (C=O) groups excluding carboxylic acids is 4. The second-order valence-corrected chi connectivity index (χ2v) is 6.66. The summed E-state index contributed by atoms with van der Waals surface area (Å²) in [6, 6.07) is 16.0. The van der Waals surface area contributed by atoms with Gasteiger partial charge in [0.1, 0.15) is 23.0 Å². The highest BCUT2D eigenvalue weighted by Crippen LogP contribution is 2.30. The fraction of sp³-hybridized carbons (Fsp3) is 0. The Bertz CT molecular complexity index is 1160. The number of fused-ring (bicyclic) bond motifs is 2. The molecule has 2 aliphatic heterocycles. The number of imide groups is 2. The van der Waals surface area contributed by atoms with Crippen LogP contribution in [0.4, 0.5) is 0 Å². The van der Waals surface area contributed by atoms with Gasteiger partial charge in [-0.05, 0) is 60.7 Å². The highest BCUT2D eigenvalue weighted by molar-refractivity contribution is 6.22. The van der Waals surface area contributed by atoms with Crippen molar-refractivity contribution in [2.24, 2.45) is 0 Å². The van der Waals surface area contributed by atoms with E-state index in [-0.39, 0.29) is 11.1 Å². The first-order chi connectivity index (χ1) is 14.5. The molecule has 0 saturated carbocycles. The number of hydrogen-bond acceptors (Lipinski definition) is 6. The Hall–Kier alpha value is -4.46. The quantitative estimate of drug-likeness (QED) is 0.652. The van der Waals surface area contributed by atoms with Gasteiger partial charge < -0.3 is 9.47 Å². The molecule has 5 rings (SSSR count). The Morgan fingerprint density at radius 1 is 0.433 bits per heavy atom. The molecule has 30 heavy (non-hydrogen) atoms. The zero-order valence-electron chi connectivity index (χ0n) is 15.2. The fourth-order valence-corrected chi connectivity index (χ4v) is 3.27. The van der Waals surface area contributed by atoms with E-state index in [0.29, 0.717) is 34.1 Å². The molecule has 8 heteroatoms. The highest BCUT2D eigenvalue weighted by atomic mass is 16.5. The summed E-state index contributed by atoms with van der Waals surface area (Å²) in [7, 11) is 0. The number of carbonyl (C=O) groups is 4. The Balaban J connectivity index is 1.31. The van der Waals surface area contributed by atoms with Crippen LogP contribution in [-0.4, -0.2) is 23.6 Å². The third kappa shape index (κ3) is 2.96. The molecule has 0 spiro atoms. The molecular weight excluding hydrogens is 388 g/mol. The van der Waals surface area contributed by atoms with Crippen LogP contribution < -0.4 is 20.1 Å². The van der Waals surface area contributed by atoms with Crippen LogP contribution in [0.1, 0.15) is 41.4 Å². The standard InChI is InChI=1S/C22H12N2O6/c25-19-15-7-5-13(9-17(15)21(27)23-19)29-11-1-2-12(4-3-11)30-14-6-8-16-18(10-14)22(28)24-20(16)26/h1-10H,(H,23,25,27)(H,24,26,28). The summed E-state index contributed by atoms with van der Waals surface area (Å²) in [5, 5.41) is 4.46. The molecule has 146 valence electrons. The van der Waals surface area contributed by atoms with E-state index >= 15 is 0 Å². The minimum absolute atomic E-state index is 0.275. The molecule has 0 bridgehead atoms. The van der Waals surface area contributed by atoms with Crippen molar-refractivity contribution < 1.29 is 28.7 Å². The van der Waals surface area contributed by atoms with E-state index in [1.165, 1.54) is 24.3 Å². The lowest BCUT2D eigenvalue weighted by atomic mass is 10.1. The van der Waals surface area contributed by atoms with Crippen LogP contribution in [0.3, 0.4) is 0 Å². The predicted molar refractivity (Wildman–Crippen MR) is 103 cm³/mol. The van der Waals surface area contributed by atoms with Crippen LogP contribution in [0, 0.1) is 0 Å². The van der Waals surface area contributed by atoms with Gasteiger partial charge in [-0.3, -0.25) is 29.8 Å². The van der Waals surface area contributed by atoms with Crippen molar-refractivity contribution >= 4 is 23.6 Å². The van der Waals surface area contributed by atoms with Crippen LogP contribution in [0.2, 0.25) is 0 Å². The molecule has 2 heterocycles. The van der Waals surface area contributed by atoms with E-state index in [0.717, 1.165) is 0 Å². The van der Waals surface area contributed by atoms with E-state index < -0.39 is 23.6 Å². The maximum atomic E-state index is 11.8. The first kappa shape index (κ1) is 17.6. The van der Waals surface area contributed by atoms with Gasteiger partial charge in [0.15, 0.2) is 0 Å². The summed E-state index contributed by atoms with van der Waals surface area (Å²) in [6.45, 7) is 0. The van der Waals surface area contributed by atoms with Gasteiger partial charge in [0.25, 0.3) is 23.6 Å². The Morgan fingerprint density at radius 3 is 1.17 bits per heavy atom. The zero-order valence-corrected chi connectivity index (χ0v) is 15.2. The largest absolute Gasteiger partial charge is 0.457 e. The lowest BCUT2D eigenvalue weighted by molar-refractivity contribution is 0.0863. The van der Waals surface area contributed by atoms with Gasteiger partial charge in [-0.1, -0.05) is 0 Å². The molecule has 4 amide bonds. The molecule has 0 aliphatic carbocycles. The normalized spacial score (nSPS) is 14.1. The smallest absolute Gasteiger partial charge is 0.259 e. The molecule has 3 aromatic rings. The minimum Gasteiger partial charge on any atom is -0.457 e. The van der Waals surface area contributed by atoms with E-state index in [2.05, 4.69) is 10.6 Å². The number of nitrogens with one attached hydrogen (secondary N) is 2. The molecule has 3 aromatic carbocycles. The first-order valence-corrected chi connectivity index (χ1v) is 8.93. The van der Waals surface area contributed by atoms with Crippen molar-refractivity contribution in [1.29, 1.82) is 0 Å². The van der Waals surface area contributed by atoms with Gasteiger partial charge in [0.2, 0.25) is 0 Å². The van der Waals surface area contributed by atoms with Crippen LogP contribution in [0.25, 0.3) is 0 Å². The fourth-order valence-electron chi connectivity index (χ4n) is 3.27. The summed E-state index contributed by atoms with van der Waals surface area (Å²) < 4.78 is 11.5. The third-order valence-electron chi connectivity index (χ3n) is 4.71. The predicted octanol–water partition coefficient (Wildman–Crippen LogP) is 3.04. The topological polar surface area (TPSA) is 111 Å². The van der Waals surface area contributed by atoms with Crippen molar-refractivity contribution in [1.82, 2.24) is 10.6 Å². The lowest BCUT2D eigenvalue weighted by Crippen LogP contribution is -2.19. The second kappa shape index (κ2) is 6.56. The van der Waals surface area contributed by atoms with E-state index in [4.69, 9.17) is 9.47 Å². The maximum Gasteiger partial charge on any atom is 0.259 e. The van der Waals surface area contributed by atoms with Crippen molar-refractivity contribution in [2.45, 2.75) is 0 Å². The average molecular weight is 400 g/mol. The SMILES string of the molecule is O=C1NC(=O)c2cc(Oc3ccc(Oc4ccc5c(c4)C(=O)NC5=O)cc3)ccc21. The number of hydrogen-bond donors (Lipinski definition) is 2. The van der Waals surface area contributed by atoms with Crippen LogP contribution >= 0.6 is 0 Å². The molecule has 0 unspecified atom stereocenters. The van der Waals surface area contributed by atoms with Crippen LogP contribution in [-0.2, 0) is 0 Å². The van der Waals surface area contributed by atoms with Crippen LogP contribution in [0.15, 0.2) is 60.7 Å². The van der Waals surface area contributed by atoms with Crippen molar-refractivity contribution in [3.8, 4) is 23.0 Å². The van der Waals surface area contributed by atoms with Gasteiger partial charge >= 0.3 is 0 Å². The number of amides is 4. The van der Waals surface area contributed by atoms with Crippen molar-refractivity contribution in [3.05, 3.63) is 82.9 Å². The Morgan fingerprint density at radius 2 is 0.767 bits per heavy atom. The molecule has 0 fully saturated rings. The average Bonchev–Trinajstić information content (AvgIpc) is 3.18. The molecule has 8 nitrogen and oxygen atoms in total. The maximum absolute atomic E-state index is 11.8. The van der Waals surface area contributed by atoms with Gasteiger partial charge in [0.05, 0.1) is 22.3 Å². The van der Waals surface area contributed by atoms with Gasteiger partial charge in [0, 0.05) is 0 Å². The van der Waals surface area contributed by atoms with Crippen LogP contribution in [0.5, 0.6) is 23.0 Å². The first-order valence-electron chi connectivity index (χ1n) is 8.93. The van der Waals surface area contributed by atoms with Gasteiger partial charge in [-0.25, -0.2) is 0 Å². The summed E-state index contributed by atoms with van der Waals surface area (Å²) >= 11 is 0. The van der Waals surface area contributed by atoms with E-state index in [1.807, 2.05) is 0 Å². The molecular formula is C22H12N2O6. The van der Waals surface area contributed by atoms with Gasteiger partial charge in [-0.15, -0.1) is 0 Å². The Kier molecular flexibility index (Phi) is 3.85. The van der Waals surface area contributed by atoms with E-state index in [1.54, 1.807) is 36.4 Å². The third-order valence-corrected chi connectivity index (χ3v) is 4.71. The van der Waals surface area contributed by atoms with E-state index in [9.17, 15) is 19.2 Å².